The van der Waals surface area contributed by atoms with Crippen LogP contribution in [0.4, 0.5) is 26.3 Å². The molecule has 0 unspecified atom stereocenters. The summed E-state index contributed by atoms with van der Waals surface area (Å²) in [6.07, 6.45) is -1.92. The highest BCUT2D eigenvalue weighted by Crippen LogP contribution is 2.49. The SMILES string of the molecule is O=S(=O)(NC1(C(F)(F)F)CC1)c1ccc(-c2cc3cc(F)c(OC(F)F)cc3n2C2CCC2)nc1. The molecule has 0 atom stereocenters. The number of nitrogens with one attached hydrogen (secondary N) is 1. The molecule has 188 valence electrons. The van der Waals surface area contributed by atoms with Gasteiger partial charge in [0.1, 0.15) is 10.4 Å². The van der Waals surface area contributed by atoms with Gasteiger partial charge in [0, 0.05) is 23.7 Å². The van der Waals surface area contributed by atoms with Gasteiger partial charge in [-0.25, -0.2) is 12.8 Å². The van der Waals surface area contributed by atoms with E-state index < -0.39 is 44.8 Å². The molecule has 1 aromatic carbocycles. The molecule has 2 aromatic heterocycles. The maximum atomic E-state index is 14.3. The Morgan fingerprint density at radius 1 is 1.14 bits per heavy atom. The van der Waals surface area contributed by atoms with Crippen LogP contribution in [0.1, 0.15) is 38.1 Å². The van der Waals surface area contributed by atoms with Crippen LogP contribution in [0.15, 0.2) is 41.4 Å². The van der Waals surface area contributed by atoms with Crippen molar-refractivity contribution in [2.75, 3.05) is 0 Å². The topological polar surface area (TPSA) is 73.2 Å². The zero-order valence-electron chi connectivity index (χ0n) is 17.9. The minimum atomic E-state index is -4.71. The Morgan fingerprint density at radius 2 is 1.86 bits per heavy atom. The summed E-state index contributed by atoms with van der Waals surface area (Å²) in [5, 5.41) is 0.409. The number of fused-ring (bicyclic) bond motifs is 1. The van der Waals surface area contributed by atoms with Crippen LogP contribution in [-0.4, -0.2) is 36.3 Å². The second-order valence-corrected chi connectivity index (χ2v) is 10.5. The van der Waals surface area contributed by atoms with Gasteiger partial charge in [-0.3, -0.25) is 4.98 Å². The van der Waals surface area contributed by atoms with Gasteiger partial charge in [0.15, 0.2) is 11.6 Å². The van der Waals surface area contributed by atoms with Gasteiger partial charge in [0.25, 0.3) is 0 Å². The van der Waals surface area contributed by atoms with Gasteiger partial charge in [-0.2, -0.15) is 26.7 Å². The highest BCUT2D eigenvalue weighted by atomic mass is 32.2. The monoisotopic (exact) mass is 519 g/mol. The Morgan fingerprint density at radius 3 is 2.37 bits per heavy atom. The Hall–Kier alpha value is -2.80. The quantitative estimate of drug-likeness (QED) is 0.416. The van der Waals surface area contributed by atoms with Crippen molar-refractivity contribution in [3.8, 4) is 17.1 Å². The second kappa shape index (κ2) is 8.12. The molecule has 35 heavy (non-hydrogen) atoms. The van der Waals surface area contributed by atoms with Crippen molar-refractivity contribution in [2.45, 2.75) is 61.4 Å². The van der Waals surface area contributed by atoms with Gasteiger partial charge in [-0.1, -0.05) is 0 Å². The molecule has 5 rings (SSSR count). The number of sulfonamides is 1. The van der Waals surface area contributed by atoms with Gasteiger partial charge in [0.05, 0.1) is 16.9 Å². The van der Waals surface area contributed by atoms with Crippen LogP contribution >= 0.6 is 0 Å². The maximum absolute atomic E-state index is 14.3. The lowest BCUT2D eigenvalue weighted by Crippen LogP contribution is -2.47. The molecule has 0 aliphatic heterocycles. The highest BCUT2D eigenvalue weighted by molar-refractivity contribution is 7.89. The van der Waals surface area contributed by atoms with E-state index in [0.29, 0.717) is 22.3 Å². The summed E-state index contributed by atoms with van der Waals surface area (Å²) < 4.78 is 112. The van der Waals surface area contributed by atoms with Crippen molar-refractivity contribution in [1.82, 2.24) is 14.3 Å². The van der Waals surface area contributed by atoms with Crippen LogP contribution in [0.5, 0.6) is 5.75 Å². The van der Waals surface area contributed by atoms with E-state index in [4.69, 9.17) is 0 Å². The third kappa shape index (κ3) is 4.24. The van der Waals surface area contributed by atoms with Crippen LogP contribution in [0.25, 0.3) is 22.3 Å². The number of rotatable bonds is 7. The lowest BCUT2D eigenvalue weighted by atomic mass is 9.92. The molecule has 13 heteroatoms. The first-order valence-corrected chi connectivity index (χ1v) is 12.2. The average Bonchev–Trinajstić information content (AvgIpc) is 3.43. The van der Waals surface area contributed by atoms with Gasteiger partial charge < -0.3 is 9.30 Å². The van der Waals surface area contributed by atoms with Crippen molar-refractivity contribution in [1.29, 1.82) is 0 Å². The fourth-order valence-corrected chi connectivity index (χ4v) is 5.62. The number of halogens is 6. The summed E-state index contributed by atoms with van der Waals surface area (Å²) in [7, 11) is -4.48. The van der Waals surface area contributed by atoms with Crippen LogP contribution in [-0.2, 0) is 10.0 Å². The summed E-state index contributed by atoms with van der Waals surface area (Å²) in [4.78, 5) is 3.72. The summed E-state index contributed by atoms with van der Waals surface area (Å²) in [6, 6.07) is 6.33. The minimum Gasteiger partial charge on any atom is -0.432 e. The number of ether oxygens (including phenoxy) is 1. The lowest BCUT2D eigenvalue weighted by Gasteiger charge is -2.30. The number of pyridine rings is 1. The van der Waals surface area contributed by atoms with Crippen LogP contribution in [0.2, 0.25) is 0 Å². The van der Waals surface area contributed by atoms with E-state index in [1.807, 2.05) is 4.57 Å². The number of hydrogen-bond donors (Lipinski definition) is 1. The fraction of sp³-hybridized carbons (Fsp3) is 0.409. The van der Waals surface area contributed by atoms with Crippen LogP contribution < -0.4 is 9.46 Å². The minimum absolute atomic E-state index is 0.0132. The van der Waals surface area contributed by atoms with Crippen molar-refractivity contribution >= 4 is 20.9 Å². The van der Waals surface area contributed by atoms with E-state index >= 15 is 0 Å². The first kappa shape index (κ1) is 23.9. The predicted molar refractivity (Wildman–Crippen MR) is 113 cm³/mol. The number of benzene rings is 1. The van der Waals surface area contributed by atoms with E-state index in [1.54, 1.807) is 10.8 Å². The fourth-order valence-electron chi connectivity index (χ4n) is 4.23. The number of alkyl halides is 5. The van der Waals surface area contributed by atoms with Crippen LogP contribution in [0.3, 0.4) is 0 Å². The van der Waals surface area contributed by atoms with Crippen molar-refractivity contribution in [3.63, 3.8) is 0 Å². The summed E-state index contributed by atoms with van der Waals surface area (Å²) in [5.74, 6) is -1.56. The molecular formula is C22H19F6N3O3S. The molecule has 0 amide bonds. The van der Waals surface area contributed by atoms with E-state index in [1.165, 1.54) is 12.1 Å². The molecule has 2 heterocycles. The average molecular weight is 519 g/mol. The second-order valence-electron chi connectivity index (χ2n) is 8.77. The zero-order valence-corrected chi connectivity index (χ0v) is 18.8. The molecule has 1 N–H and O–H groups in total. The molecule has 0 spiro atoms. The van der Waals surface area contributed by atoms with E-state index in [9.17, 15) is 34.8 Å². The first-order chi connectivity index (χ1) is 16.4. The molecule has 0 bridgehead atoms. The van der Waals surface area contributed by atoms with Crippen molar-refractivity contribution in [2.24, 2.45) is 0 Å². The van der Waals surface area contributed by atoms with Crippen molar-refractivity contribution < 1.29 is 39.5 Å². The summed E-state index contributed by atoms with van der Waals surface area (Å²) in [5.41, 5.74) is -1.23. The first-order valence-electron chi connectivity index (χ1n) is 10.8. The van der Waals surface area contributed by atoms with E-state index in [2.05, 4.69) is 9.72 Å². The molecule has 3 aromatic rings. The molecule has 0 saturated heterocycles. The zero-order chi connectivity index (χ0) is 25.2. The Balaban J connectivity index is 1.52. The van der Waals surface area contributed by atoms with Crippen LogP contribution in [0, 0.1) is 5.82 Å². The smallest absolute Gasteiger partial charge is 0.407 e. The van der Waals surface area contributed by atoms with E-state index in [-0.39, 0.29) is 18.9 Å². The van der Waals surface area contributed by atoms with Crippen molar-refractivity contribution in [3.05, 3.63) is 42.3 Å². The Labute approximate surface area is 195 Å². The Kier molecular flexibility index (Phi) is 5.55. The number of hydrogen-bond acceptors (Lipinski definition) is 4. The van der Waals surface area contributed by atoms with Gasteiger partial charge >= 0.3 is 12.8 Å². The largest absolute Gasteiger partial charge is 0.432 e. The van der Waals surface area contributed by atoms with Gasteiger partial charge in [-0.05, 0) is 56.4 Å². The van der Waals surface area contributed by atoms with E-state index in [0.717, 1.165) is 37.6 Å². The molecule has 2 aliphatic carbocycles. The third-order valence-electron chi connectivity index (χ3n) is 6.48. The molecule has 2 saturated carbocycles. The normalized spacial score (nSPS) is 18.1. The molecule has 0 radical (unpaired) electrons. The third-order valence-corrected chi connectivity index (χ3v) is 8.00. The molecule has 2 aliphatic rings. The van der Waals surface area contributed by atoms with Gasteiger partial charge in [0.2, 0.25) is 10.0 Å². The number of aromatic nitrogens is 2. The van der Waals surface area contributed by atoms with Gasteiger partial charge in [-0.15, -0.1) is 0 Å². The maximum Gasteiger partial charge on any atom is 0.407 e. The lowest BCUT2D eigenvalue weighted by molar-refractivity contribution is -0.160. The molecular weight excluding hydrogens is 500 g/mol. The molecule has 2 fully saturated rings. The summed E-state index contributed by atoms with van der Waals surface area (Å²) in [6.45, 7) is -3.20. The highest BCUT2D eigenvalue weighted by Gasteiger charge is 2.65. The standard InChI is InChI=1S/C22H19F6N3O3S/c23-15-8-12-9-18(31(13-2-1-3-13)17(12)10-19(15)34-20(24)25)16-5-4-14(11-29-16)35(32,33)30-21(6-7-21)22(26,27)28/h4-5,8-11,13,20,30H,1-3,6-7H2. The predicted octanol–water partition coefficient (Wildman–Crippen LogP) is 5.54. The summed E-state index contributed by atoms with van der Waals surface area (Å²) >= 11 is 0. The number of nitrogens with zero attached hydrogens (tertiary/aromatic N) is 2. The molecule has 6 nitrogen and oxygen atoms in total. The Bertz CT molecular complexity index is 1380.